The van der Waals surface area contributed by atoms with E-state index in [1.807, 2.05) is 5.32 Å². The lowest BCUT2D eigenvalue weighted by Gasteiger charge is -2.38. The van der Waals surface area contributed by atoms with E-state index in [4.69, 9.17) is 4.74 Å². The van der Waals surface area contributed by atoms with Crippen LogP contribution in [0.2, 0.25) is 0 Å². The first-order chi connectivity index (χ1) is 30.6. The van der Waals surface area contributed by atoms with Crippen LogP contribution in [-0.2, 0) is 16.6 Å². The number of rotatable bonds is 12. The van der Waals surface area contributed by atoms with Crippen molar-refractivity contribution >= 4 is 35.0 Å². The van der Waals surface area contributed by atoms with Crippen molar-refractivity contribution in [3.05, 3.63) is 117 Å². The Bertz CT molecular complexity index is 2610. The molecule has 11 nitrogen and oxygen atoms in total. The Morgan fingerprint density at radius 1 is 0.456 bits per heavy atom. The largest absolute Gasteiger partial charge is 0.478 e. The minimum Gasteiger partial charge on any atom is -0.478 e. The van der Waals surface area contributed by atoms with Crippen LogP contribution >= 0.6 is 0 Å². The van der Waals surface area contributed by atoms with E-state index in [1.54, 1.807) is 0 Å². The maximum Gasteiger partial charge on any atom is 0.430 e. The van der Waals surface area contributed by atoms with Crippen LogP contribution in [0.3, 0.4) is 0 Å². The third kappa shape index (κ3) is 9.26. The minimum atomic E-state index is -6.84. The molecule has 1 amide bonds. The Balaban J connectivity index is 2.07. The van der Waals surface area contributed by atoms with Crippen molar-refractivity contribution in [1.82, 2.24) is 0 Å². The van der Waals surface area contributed by atoms with E-state index in [-0.39, 0.29) is 48.5 Å². The van der Waals surface area contributed by atoms with Crippen molar-refractivity contribution in [2.45, 2.75) is 60.6 Å². The molecule has 370 valence electrons. The van der Waals surface area contributed by atoms with Crippen molar-refractivity contribution in [3.8, 4) is 11.5 Å². The summed E-state index contributed by atoms with van der Waals surface area (Å²) >= 11 is 0. The number of alkyl halides is 18. The number of ether oxygens (including phenoxy) is 1. The quantitative estimate of drug-likeness (QED) is 0.0590. The lowest BCUT2D eigenvalue weighted by molar-refractivity contribution is -0.376. The molecule has 0 aliphatic rings. The minimum absolute atomic E-state index is 0.0235. The molecular formula is C39H24F18N2O9. The van der Waals surface area contributed by atoms with Crippen molar-refractivity contribution in [1.29, 1.82) is 0 Å². The molecule has 4 aromatic carbocycles. The van der Waals surface area contributed by atoms with Gasteiger partial charge in [0.15, 0.2) is 5.78 Å². The smallest absolute Gasteiger partial charge is 0.430 e. The summed E-state index contributed by atoms with van der Waals surface area (Å²) in [6.45, 7) is 0.548. The summed E-state index contributed by atoms with van der Waals surface area (Å²) in [7, 11) is 0.844. The Hall–Kier alpha value is -6.78. The van der Waals surface area contributed by atoms with Crippen molar-refractivity contribution < 1.29 is 123 Å². The van der Waals surface area contributed by atoms with E-state index in [2.05, 4.69) is 0 Å². The fourth-order valence-corrected chi connectivity index (χ4v) is 6.65. The molecule has 0 aliphatic heterocycles. The van der Waals surface area contributed by atoms with E-state index >= 15 is 26.3 Å². The first-order valence-electron chi connectivity index (χ1n) is 17.7. The molecule has 0 heterocycles. The van der Waals surface area contributed by atoms with Gasteiger partial charge in [0, 0.05) is 47.2 Å². The summed E-state index contributed by atoms with van der Waals surface area (Å²) in [5.74, 6) is -11.0. The molecule has 0 fully saturated rings. The van der Waals surface area contributed by atoms with Gasteiger partial charge < -0.3 is 35.8 Å². The van der Waals surface area contributed by atoms with Crippen LogP contribution in [0.1, 0.15) is 70.6 Å². The second-order valence-corrected chi connectivity index (χ2v) is 14.1. The standard InChI is InChI=1S/C39H24F18N2O9/c1-15(60)26-11-16(3-5-24(26)29(62)63)31(34(40,41)42,35(43,44)45)17-4-6-25(30(64)65)27(12-17)28(61)59-21-8-19(33(67,38(52,53)54)39(55,56)57)10-23(14-21)68-22-9-18(7-20(13-22)58-2)32(66,36(46,47)48)37(49,50)51/h3-14,58,66-67H,1-2H3,(H,59,61)(H,62,63)(H,64,65). The molecule has 29 heteroatoms. The molecule has 0 unspecified atom stereocenters. The van der Waals surface area contributed by atoms with Gasteiger partial charge >= 0.3 is 49.0 Å². The lowest BCUT2D eigenvalue weighted by Crippen LogP contribution is -2.55. The zero-order chi connectivity index (χ0) is 52.3. The third-order valence-corrected chi connectivity index (χ3v) is 9.91. The van der Waals surface area contributed by atoms with Crippen LogP contribution in [0, 0.1) is 0 Å². The number of nitrogens with one attached hydrogen (secondary N) is 2. The second kappa shape index (κ2) is 17.4. The van der Waals surface area contributed by atoms with Gasteiger partial charge in [0.2, 0.25) is 5.41 Å². The van der Waals surface area contributed by atoms with Gasteiger partial charge in [-0.15, -0.1) is 0 Å². The third-order valence-electron chi connectivity index (χ3n) is 9.91. The molecule has 0 bridgehead atoms. The summed E-state index contributed by atoms with van der Waals surface area (Å²) in [5.41, 5.74) is -34.1. The Kier molecular flexibility index (Phi) is 13.8. The molecule has 0 saturated carbocycles. The molecule has 0 atom stereocenters. The molecule has 0 aliphatic carbocycles. The van der Waals surface area contributed by atoms with Crippen molar-refractivity contribution in [2.75, 3.05) is 17.7 Å². The van der Waals surface area contributed by atoms with Gasteiger partial charge in [-0.1, -0.05) is 12.1 Å². The maximum atomic E-state index is 15.1. The monoisotopic (exact) mass is 1010 g/mol. The van der Waals surface area contributed by atoms with Gasteiger partial charge in [-0.2, -0.15) is 79.0 Å². The van der Waals surface area contributed by atoms with Gasteiger partial charge in [-0.25, -0.2) is 9.59 Å². The average Bonchev–Trinajstić information content (AvgIpc) is 3.17. The van der Waals surface area contributed by atoms with Crippen LogP contribution in [0.5, 0.6) is 11.5 Å². The number of carbonyl (C=O) groups is 4. The Morgan fingerprint density at radius 3 is 1.15 bits per heavy atom. The number of Topliss-reactive ketones (excluding diaryl/α,β-unsaturated/α-hetero) is 1. The molecular weight excluding hydrogens is 982 g/mol. The van der Waals surface area contributed by atoms with E-state index in [0.717, 1.165) is 7.05 Å². The SMILES string of the molecule is CNc1cc(Oc2cc(NC(=O)c3cc(C(c4ccc(C(=O)O)c(C(C)=O)c4)(C(F)(F)F)C(F)(F)F)ccc3C(=O)O)cc(C(O)(C(F)(F)F)C(F)(F)F)c2)cc(C(O)(C(F)(F)F)C(F)(F)F)c1. The average molecular weight is 1010 g/mol. The van der Waals surface area contributed by atoms with Gasteiger partial charge in [0.1, 0.15) is 11.5 Å². The molecule has 0 spiro atoms. The van der Waals surface area contributed by atoms with Crippen LogP contribution in [0.15, 0.2) is 72.8 Å². The number of ketones is 1. The summed E-state index contributed by atoms with van der Waals surface area (Å²) in [5, 5.41) is 42.7. The molecule has 6 N–H and O–H groups in total. The number of amides is 1. The van der Waals surface area contributed by atoms with E-state index in [9.17, 15) is 92.3 Å². The van der Waals surface area contributed by atoms with Gasteiger partial charge in [0.25, 0.3) is 17.1 Å². The van der Waals surface area contributed by atoms with Gasteiger partial charge in [-0.05, 0) is 66.6 Å². The molecule has 4 rings (SSSR count). The van der Waals surface area contributed by atoms with Gasteiger partial charge in [0.05, 0.1) is 16.7 Å². The number of anilines is 2. The van der Waals surface area contributed by atoms with Gasteiger partial charge in [-0.3, -0.25) is 9.59 Å². The zero-order valence-electron chi connectivity index (χ0n) is 33.1. The number of carboxylic acid groups (broad SMARTS) is 2. The normalized spacial score (nSPS) is 13.5. The first kappa shape index (κ1) is 53.8. The van der Waals surface area contributed by atoms with Crippen LogP contribution < -0.4 is 15.4 Å². The summed E-state index contributed by atoms with van der Waals surface area (Å²) < 4.78 is 263. The van der Waals surface area contributed by atoms with Crippen LogP contribution in [0.25, 0.3) is 0 Å². The number of aliphatic hydroxyl groups is 2. The Morgan fingerprint density at radius 2 is 0.809 bits per heavy atom. The van der Waals surface area contributed by atoms with Crippen molar-refractivity contribution in [2.24, 2.45) is 0 Å². The summed E-state index contributed by atoms with van der Waals surface area (Å²) in [4.78, 5) is 49.7. The molecule has 0 saturated heterocycles. The second-order valence-electron chi connectivity index (χ2n) is 14.1. The molecule has 4 aromatic rings. The lowest BCUT2D eigenvalue weighted by atomic mass is 9.71. The number of halogens is 18. The zero-order valence-corrected chi connectivity index (χ0v) is 33.1. The first-order valence-corrected chi connectivity index (χ1v) is 17.7. The highest BCUT2D eigenvalue weighted by Crippen LogP contribution is 2.57. The summed E-state index contributed by atoms with van der Waals surface area (Å²) in [6.07, 6.45) is -40.2. The van der Waals surface area contributed by atoms with E-state index in [1.165, 1.54) is 5.32 Å². The number of aromatic carboxylic acids is 2. The highest BCUT2D eigenvalue weighted by Gasteiger charge is 2.74. The fraction of sp³-hybridized carbons (Fsp3) is 0.282. The maximum absolute atomic E-state index is 15.1. The fourth-order valence-electron chi connectivity index (χ4n) is 6.65. The van der Waals surface area contributed by atoms with Crippen molar-refractivity contribution in [3.63, 3.8) is 0 Å². The topological polar surface area (TPSA) is 182 Å². The summed E-state index contributed by atoms with van der Waals surface area (Å²) in [6, 6.07) is -1.15. The highest BCUT2D eigenvalue weighted by atomic mass is 19.4. The van der Waals surface area contributed by atoms with Crippen LogP contribution in [0.4, 0.5) is 90.4 Å². The van der Waals surface area contributed by atoms with E-state index < -0.39 is 163 Å². The number of hydrogen-bond acceptors (Lipinski definition) is 8. The predicted molar refractivity (Wildman–Crippen MR) is 192 cm³/mol. The van der Waals surface area contributed by atoms with E-state index in [0.29, 0.717) is 13.0 Å². The molecule has 68 heavy (non-hydrogen) atoms. The number of benzene rings is 4. The number of carboxylic acids is 2. The van der Waals surface area contributed by atoms with Crippen LogP contribution in [-0.4, -0.2) is 88.2 Å². The number of carbonyl (C=O) groups excluding carboxylic acids is 2. The Labute approximate surface area is 365 Å². The number of hydrogen-bond donors (Lipinski definition) is 6. The predicted octanol–water partition coefficient (Wildman–Crippen LogP) is 10.4. The molecule has 0 radical (unpaired) electrons. The molecule has 0 aromatic heterocycles. The highest BCUT2D eigenvalue weighted by molar-refractivity contribution is 6.11.